The Morgan fingerprint density at radius 2 is 1.69 bits per heavy atom. The van der Waals surface area contributed by atoms with E-state index >= 15 is 0 Å². The van der Waals surface area contributed by atoms with Gasteiger partial charge in [-0.3, -0.25) is 9.59 Å². The highest BCUT2D eigenvalue weighted by Crippen LogP contribution is 2.30. The lowest BCUT2D eigenvalue weighted by molar-refractivity contribution is -0.123. The number of nitrogens with zero attached hydrogens (tertiary/aromatic N) is 1. The first-order valence-corrected chi connectivity index (χ1v) is 12.3. The fraction of sp³-hybridized carbons (Fsp3) is 0.481. The Morgan fingerprint density at radius 3 is 2.34 bits per heavy atom. The van der Waals surface area contributed by atoms with Gasteiger partial charge in [0.25, 0.3) is 0 Å². The van der Waals surface area contributed by atoms with E-state index in [4.69, 9.17) is 4.74 Å². The number of aliphatic hydroxyl groups excluding tert-OH is 1. The second-order valence-electron chi connectivity index (χ2n) is 9.09. The minimum Gasteiger partial charge on any atom is -0.508 e. The third-order valence-corrected chi connectivity index (χ3v) is 6.42. The van der Waals surface area contributed by atoms with Crippen molar-refractivity contribution in [2.75, 3.05) is 26.7 Å². The molecular formula is C27H36N2O6. The van der Waals surface area contributed by atoms with Crippen LogP contribution in [-0.4, -0.2) is 64.7 Å². The van der Waals surface area contributed by atoms with Gasteiger partial charge in [-0.05, 0) is 80.7 Å². The predicted molar refractivity (Wildman–Crippen MR) is 133 cm³/mol. The number of methoxy groups -OCH3 is 1. The lowest BCUT2D eigenvalue weighted by Crippen LogP contribution is -2.46. The fourth-order valence-electron chi connectivity index (χ4n) is 4.41. The molecule has 8 nitrogen and oxygen atoms in total. The first-order valence-electron chi connectivity index (χ1n) is 12.3. The number of benzene rings is 2. The number of amides is 1. The van der Waals surface area contributed by atoms with Gasteiger partial charge in [0.05, 0.1) is 13.2 Å². The van der Waals surface area contributed by atoms with Crippen molar-refractivity contribution >= 4 is 11.7 Å². The van der Waals surface area contributed by atoms with Crippen molar-refractivity contribution < 1.29 is 29.6 Å². The van der Waals surface area contributed by atoms with E-state index in [1.165, 1.54) is 25.3 Å². The topological polar surface area (TPSA) is 119 Å². The molecule has 1 fully saturated rings. The smallest absolute Gasteiger partial charge is 0.220 e. The summed E-state index contributed by atoms with van der Waals surface area (Å²) in [6, 6.07) is 10.5. The third kappa shape index (κ3) is 7.97. The molecule has 0 spiro atoms. The highest BCUT2D eigenvalue weighted by atomic mass is 16.5. The van der Waals surface area contributed by atoms with Crippen LogP contribution < -0.4 is 10.1 Å². The number of phenols is 2. The number of rotatable bonds is 13. The number of aromatic hydroxyl groups is 2. The molecule has 190 valence electrons. The lowest BCUT2D eigenvalue weighted by atomic mass is 10.0. The van der Waals surface area contributed by atoms with Gasteiger partial charge in [0.2, 0.25) is 5.91 Å². The second-order valence-corrected chi connectivity index (χ2v) is 9.09. The van der Waals surface area contributed by atoms with Crippen molar-refractivity contribution in [2.45, 2.75) is 57.1 Å². The number of hydrogen-bond donors (Lipinski definition) is 4. The van der Waals surface area contributed by atoms with Gasteiger partial charge < -0.3 is 30.3 Å². The summed E-state index contributed by atoms with van der Waals surface area (Å²) in [6.07, 6.45) is 3.99. The maximum absolute atomic E-state index is 12.7. The van der Waals surface area contributed by atoms with E-state index in [0.29, 0.717) is 49.1 Å². The normalized spacial score (nSPS) is 15.5. The quantitative estimate of drug-likeness (QED) is 0.254. The van der Waals surface area contributed by atoms with E-state index in [1.54, 1.807) is 24.3 Å². The Morgan fingerprint density at radius 1 is 1.00 bits per heavy atom. The number of nitrogens with one attached hydrogen (secondary N) is 1. The molecule has 4 N–H and O–H groups in total. The van der Waals surface area contributed by atoms with E-state index in [9.17, 15) is 24.9 Å². The average molecular weight is 485 g/mol. The minimum atomic E-state index is -0.973. The van der Waals surface area contributed by atoms with Crippen LogP contribution in [0.2, 0.25) is 0 Å². The van der Waals surface area contributed by atoms with Crippen molar-refractivity contribution in [3.63, 3.8) is 0 Å². The standard InChI is InChI=1S/C27H36N2O6/c1-35-25-14-11-20(17-24(25)32)27(34)22(18-29-15-5-6-16-29)28-26(33)8-4-2-3-7-23(31)19-9-12-21(30)13-10-19/h9-14,17,22,27,30,32,34H,2-8,15-16,18H2,1H3,(H,28,33)/t22-,27-/m1/s1. The maximum atomic E-state index is 12.7. The summed E-state index contributed by atoms with van der Waals surface area (Å²) in [6.45, 7) is 2.39. The number of phenolic OH excluding ortho intramolecular Hbond substituents is 2. The summed E-state index contributed by atoms with van der Waals surface area (Å²) in [4.78, 5) is 27.1. The summed E-state index contributed by atoms with van der Waals surface area (Å²) >= 11 is 0. The van der Waals surface area contributed by atoms with Gasteiger partial charge in [-0.1, -0.05) is 12.5 Å². The summed E-state index contributed by atoms with van der Waals surface area (Å²) in [7, 11) is 1.46. The highest BCUT2D eigenvalue weighted by Gasteiger charge is 2.27. The maximum Gasteiger partial charge on any atom is 0.220 e. The number of ketones is 1. The molecule has 0 unspecified atom stereocenters. The SMILES string of the molecule is COc1ccc([C@@H](O)[C@@H](CN2CCCC2)NC(=O)CCCCCC(=O)c2ccc(O)cc2)cc1O. The molecule has 3 rings (SSSR count). The van der Waals surface area contributed by atoms with Crippen LogP contribution in [0.1, 0.15) is 67.0 Å². The van der Waals surface area contributed by atoms with Crippen LogP contribution in [-0.2, 0) is 4.79 Å². The molecule has 0 saturated carbocycles. The number of unbranched alkanes of at least 4 members (excludes halogenated alkanes) is 2. The number of aliphatic hydroxyl groups is 1. The summed E-state index contributed by atoms with van der Waals surface area (Å²) in [5, 5.41) is 33.5. The summed E-state index contributed by atoms with van der Waals surface area (Å²) < 4.78 is 5.08. The van der Waals surface area contributed by atoms with Gasteiger partial charge in [0.15, 0.2) is 17.3 Å². The largest absolute Gasteiger partial charge is 0.508 e. The van der Waals surface area contributed by atoms with Gasteiger partial charge in [0.1, 0.15) is 11.9 Å². The molecule has 1 aliphatic heterocycles. The fourth-order valence-corrected chi connectivity index (χ4v) is 4.41. The minimum absolute atomic E-state index is 0.0194. The van der Waals surface area contributed by atoms with Crippen molar-refractivity contribution in [3.05, 3.63) is 53.6 Å². The van der Waals surface area contributed by atoms with Gasteiger partial charge in [-0.25, -0.2) is 0 Å². The Labute approximate surface area is 206 Å². The molecule has 2 atom stereocenters. The highest BCUT2D eigenvalue weighted by molar-refractivity contribution is 5.96. The van der Waals surface area contributed by atoms with E-state index in [1.807, 2.05) is 0 Å². The van der Waals surface area contributed by atoms with Crippen LogP contribution in [0.4, 0.5) is 0 Å². The van der Waals surface area contributed by atoms with E-state index < -0.39 is 12.1 Å². The molecule has 35 heavy (non-hydrogen) atoms. The molecule has 8 heteroatoms. The van der Waals surface area contributed by atoms with E-state index in [-0.39, 0.29) is 23.2 Å². The molecule has 1 saturated heterocycles. The molecule has 2 aromatic rings. The number of likely N-dealkylation sites (tertiary alicyclic amines) is 1. The second kappa shape index (κ2) is 13.1. The monoisotopic (exact) mass is 484 g/mol. The van der Waals surface area contributed by atoms with E-state index in [0.717, 1.165) is 32.4 Å². The van der Waals surface area contributed by atoms with Crippen molar-refractivity contribution in [2.24, 2.45) is 0 Å². The Hall–Kier alpha value is -3.10. The zero-order chi connectivity index (χ0) is 25.2. The molecule has 1 heterocycles. The Bertz CT molecular complexity index is 972. The van der Waals surface area contributed by atoms with Gasteiger partial charge >= 0.3 is 0 Å². The molecular weight excluding hydrogens is 448 g/mol. The molecule has 1 amide bonds. The zero-order valence-electron chi connectivity index (χ0n) is 20.3. The van der Waals surface area contributed by atoms with Crippen LogP contribution in [0, 0.1) is 0 Å². The number of Topliss-reactive ketones (excluding diaryl/α,β-unsaturated/α-hetero) is 1. The number of carbonyl (C=O) groups excluding carboxylic acids is 2. The Balaban J connectivity index is 1.49. The first-order chi connectivity index (χ1) is 16.9. The van der Waals surface area contributed by atoms with E-state index in [2.05, 4.69) is 10.2 Å². The lowest BCUT2D eigenvalue weighted by Gasteiger charge is -2.29. The van der Waals surface area contributed by atoms with Crippen LogP contribution in [0.25, 0.3) is 0 Å². The number of ether oxygens (including phenoxy) is 1. The molecule has 1 aliphatic rings. The van der Waals surface area contributed by atoms with Crippen molar-refractivity contribution in [1.82, 2.24) is 10.2 Å². The van der Waals surface area contributed by atoms with Crippen LogP contribution >= 0.6 is 0 Å². The third-order valence-electron chi connectivity index (χ3n) is 6.42. The number of hydrogen-bond acceptors (Lipinski definition) is 7. The Kier molecular flexibility index (Phi) is 9.93. The van der Waals surface area contributed by atoms with Crippen molar-refractivity contribution in [3.8, 4) is 17.2 Å². The molecule has 0 radical (unpaired) electrons. The van der Waals surface area contributed by atoms with Crippen LogP contribution in [0.3, 0.4) is 0 Å². The molecule has 0 aromatic heterocycles. The van der Waals surface area contributed by atoms with Gasteiger partial charge in [0, 0.05) is 24.9 Å². The number of carbonyl (C=O) groups is 2. The summed E-state index contributed by atoms with van der Waals surface area (Å²) in [5.41, 5.74) is 1.09. The van der Waals surface area contributed by atoms with Gasteiger partial charge in [-0.15, -0.1) is 0 Å². The summed E-state index contributed by atoms with van der Waals surface area (Å²) in [5.74, 6) is 0.272. The molecule has 0 aliphatic carbocycles. The van der Waals surface area contributed by atoms with Gasteiger partial charge in [-0.2, -0.15) is 0 Å². The van der Waals surface area contributed by atoms with Crippen LogP contribution in [0.15, 0.2) is 42.5 Å². The first kappa shape index (κ1) is 26.5. The zero-order valence-corrected chi connectivity index (χ0v) is 20.3. The molecule has 0 bridgehead atoms. The average Bonchev–Trinajstić information content (AvgIpc) is 3.36. The van der Waals surface area contributed by atoms with Crippen LogP contribution in [0.5, 0.6) is 17.2 Å². The molecule has 2 aromatic carbocycles. The predicted octanol–water partition coefficient (Wildman–Crippen LogP) is 3.55. The van der Waals surface area contributed by atoms with Crippen molar-refractivity contribution in [1.29, 1.82) is 0 Å².